The SMILES string of the molecule is CCOc1ccc(NC(=O)COC(=O)C2CCCCN2S(=O)(=O)c2ccccc2)cc1OCC. The van der Waals surface area contributed by atoms with Crippen molar-refractivity contribution >= 4 is 27.6 Å². The molecule has 10 heteroatoms. The van der Waals surface area contributed by atoms with Gasteiger partial charge in [-0.1, -0.05) is 18.2 Å². The molecule has 184 valence electrons. The van der Waals surface area contributed by atoms with Gasteiger partial charge in [-0.05, 0) is 57.4 Å². The zero-order valence-electron chi connectivity index (χ0n) is 19.4. The molecule has 0 aliphatic carbocycles. The molecule has 0 bridgehead atoms. The molecule has 1 aliphatic rings. The molecular formula is C24H30N2O7S. The Bertz CT molecular complexity index is 1090. The van der Waals surface area contributed by atoms with E-state index in [-0.39, 0.29) is 11.4 Å². The van der Waals surface area contributed by atoms with E-state index in [9.17, 15) is 18.0 Å². The van der Waals surface area contributed by atoms with E-state index in [1.54, 1.807) is 36.4 Å². The number of sulfonamides is 1. The van der Waals surface area contributed by atoms with E-state index in [1.165, 1.54) is 16.4 Å². The van der Waals surface area contributed by atoms with Crippen molar-refractivity contribution in [1.82, 2.24) is 4.31 Å². The molecule has 2 aromatic carbocycles. The molecule has 3 rings (SSSR count). The largest absolute Gasteiger partial charge is 0.490 e. The zero-order chi connectivity index (χ0) is 24.6. The molecule has 2 aromatic rings. The van der Waals surface area contributed by atoms with Gasteiger partial charge in [0, 0.05) is 18.3 Å². The van der Waals surface area contributed by atoms with Crippen LogP contribution in [0.25, 0.3) is 0 Å². The third kappa shape index (κ3) is 6.27. The average molecular weight is 491 g/mol. The molecule has 1 heterocycles. The maximum absolute atomic E-state index is 13.1. The van der Waals surface area contributed by atoms with Crippen molar-refractivity contribution in [2.45, 2.75) is 44.0 Å². The van der Waals surface area contributed by atoms with Crippen LogP contribution < -0.4 is 14.8 Å². The average Bonchev–Trinajstić information content (AvgIpc) is 2.85. The summed E-state index contributed by atoms with van der Waals surface area (Å²) in [6.45, 7) is 4.28. The highest BCUT2D eigenvalue weighted by Gasteiger charge is 2.38. The van der Waals surface area contributed by atoms with Crippen LogP contribution in [0.3, 0.4) is 0 Å². The number of nitrogens with zero attached hydrogens (tertiary/aromatic N) is 1. The van der Waals surface area contributed by atoms with Crippen molar-refractivity contribution in [3.05, 3.63) is 48.5 Å². The molecule has 9 nitrogen and oxygen atoms in total. The number of esters is 1. The van der Waals surface area contributed by atoms with E-state index in [2.05, 4.69) is 5.32 Å². The molecule has 1 fully saturated rings. The number of amides is 1. The Morgan fingerprint density at radius 3 is 2.41 bits per heavy atom. The molecule has 0 saturated carbocycles. The second-order valence-corrected chi connectivity index (χ2v) is 9.51. The number of nitrogens with one attached hydrogen (secondary N) is 1. The number of rotatable bonds is 10. The van der Waals surface area contributed by atoms with Crippen molar-refractivity contribution < 1.29 is 32.2 Å². The summed E-state index contributed by atoms with van der Waals surface area (Å²) >= 11 is 0. The Labute approximate surface area is 200 Å². The molecular weight excluding hydrogens is 460 g/mol. The minimum Gasteiger partial charge on any atom is -0.490 e. The zero-order valence-corrected chi connectivity index (χ0v) is 20.2. The Kier molecular flexibility index (Phi) is 8.89. The highest BCUT2D eigenvalue weighted by Crippen LogP contribution is 2.31. The van der Waals surface area contributed by atoms with Crippen molar-refractivity contribution in [3.63, 3.8) is 0 Å². The van der Waals surface area contributed by atoms with Gasteiger partial charge < -0.3 is 19.5 Å². The Hall–Kier alpha value is -3.11. The summed E-state index contributed by atoms with van der Waals surface area (Å²) < 4.78 is 43.5. The van der Waals surface area contributed by atoms with Crippen LogP contribution in [0.5, 0.6) is 11.5 Å². The van der Waals surface area contributed by atoms with Gasteiger partial charge in [0.2, 0.25) is 10.0 Å². The topological polar surface area (TPSA) is 111 Å². The molecule has 1 saturated heterocycles. The Morgan fingerprint density at radius 2 is 1.71 bits per heavy atom. The fourth-order valence-corrected chi connectivity index (χ4v) is 5.38. The van der Waals surface area contributed by atoms with Crippen LogP contribution in [0.15, 0.2) is 53.4 Å². The fourth-order valence-electron chi connectivity index (χ4n) is 3.71. The molecule has 0 spiro atoms. The third-order valence-electron chi connectivity index (χ3n) is 5.25. The van der Waals surface area contributed by atoms with E-state index in [0.29, 0.717) is 49.7 Å². The number of piperidine rings is 1. The molecule has 0 radical (unpaired) electrons. The lowest BCUT2D eigenvalue weighted by Crippen LogP contribution is -2.48. The summed E-state index contributed by atoms with van der Waals surface area (Å²) in [7, 11) is -3.86. The smallest absolute Gasteiger partial charge is 0.324 e. The minimum atomic E-state index is -3.86. The number of hydrogen-bond donors (Lipinski definition) is 1. The van der Waals surface area contributed by atoms with Crippen LogP contribution in [0.1, 0.15) is 33.1 Å². The number of hydrogen-bond acceptors (Lipinski definition) is 7. The van der Waals surface area contributed by atoms with Crippen LogP contribution in [0, 0.1) is 0 Å². The molecule has 1 aliphatic heterocycles. The number of carbonyl (C=O) groups excluding carboxylic acids is 2. The Morgan fingerprint density at radius 1 is 1.00 bits per heavy atom. The van der Waals surface area contributed by atoms with Gasteiger partial charge in [-0.15, -0.1) is 0 Å². The van der Waals surface area contributed by atoms with Gasteiger partial charge in [-0.2, -0.15) is 4.31 Å². The normalized spacial score (nSPS) is 16.5. The number of anilines is 1. The second-order valence-electron chi connectivity index (χ2n) is 7.62. The standard InChI is InChI=1S/C24H30N2O7S/c1-3-31-21-14-13-18(16-22(21)32-4-2)25-23(27)17-33-24(28)20-12-8-9-15-26(20)34(29,30)19-10-6-5-7-11-19/h5-7,10-11,13-14,16,20H,3-4,8-9,12,15,17H2,1-2H3,(H,25,27). The lowest BCUT2D eigenvalue weighted by Gasteiger charge is -2.32. The molecule has 0 aromatic heterocycles. The molecule has 1 unspecified atom stereocenters. The number of ether oxygens (including phenoxy) is 3. The van der Waals surface area contributed by atoms with E-state index in [1.807, 2.05) is 13.8 Å². The number of carbonyl (C=O) groups is 2. The van der Waals surface area contributed by atoms with Crippen LogP contribution in [-0.2, 0) is 24.3 Å². The van der Waals surface area contributed by atoms with Gasteiger partial charge in [0.15, 0.2) is 18.1 Å². The predicted octanol–water partition coefficient (Wildman–Crippen LogP) is 3.21. The summed E-state index contributed by atoms with van der Waals surface area (Å²) in [6, 6.07) is 12.0. The first kappa shape index (κ1) is 25.5. The van der Waals surface area contributed by atoms with Crippen molar-refractivity contribution in [2.75, 3.05) is 31.7 Å². The van der Waals surface area contributed by atoms with Crippen LogP contribution in [-0.4, -0.2) is 57.0 Å². The summed E-state index contributed by atoms with van der Waals surface area (Å²) in [5.74, 6) is -0.238. The first-order chi connectivity index (χ1) is 16.4. The van der Waals surface area contributed by atoms with Crippen LogP contribution in [0.2, 0.25) is 0 Å². The molecule has 34 heavy (non-hydrogen) atoms. The van der Waals surface area contributed by atoms with Crippen molar-refractivity contribution in [1.29, 1.82) is 0 Å². The van der Waals surface area contributed by atoms with Gasteiger partial charge in [-0.3, -0.25) is 9.59 Å². The summed E-state index contributed by atoms with van der Waals surface area (Å²) in [5, 5.41) is 2.65. The van der Waals surface area contributed by atoms with Gasteiger partial charge in [-0.25, -0.2) is 8.42 Å². The van der Waals surface area contributed by atoms with Gasteiger partial charge in [0.25, 0.3) is 5.91 Å². The van der Waals surface area contributed by atoms with E-state index < -0.39 is 34.5 Å². The third-order valence-corrected chi connectivity index (χ3v) is 7.17. The summed E-state index contributed by atoms with van der Waals surface area (Å²) in [6.07, 6.45) is 1.68. The van der Waals surface area contributed by atoms with E-state index in [0.717, 1.165) is 0 Å². The molecule has 1 amide bonds. The van der Waals surface area contributed by atoms with Crippen molar-refractivity contribution in [3.8, 4) is 11.5 Å². The summed E-state index contributed by atoms with van der Waals surface area (Å²) in [4.78, 5) is 25.3. The first-order valence-corrected chi connectivity index (χ1v) is 12.7. The summed E-state index contributed by atoms with van der Waals surface area (Å²) in [5.41, 5.74) is 0.457. The highest BCUT2D eigenvalue weighted by molar-refractivity contribution is 7.89. The first-order valence-electron chi connectivity index (χ1n) is 11.3. The van der Waals surface area contributed by atoms with E-state index in [4.69, 9.17) is 14.2 Å². The van der Waals surface area contributed by atoms with Crippen LogP contribution >= 0.6 is 0 Å². The maximum Gasteiger partial charge on any atom is 0.324 e. The Balaban J connectivity index is 1.63. The van der Waals surface area contributed by atoms with Crippen LogP contribution in [0.4, 0.5) is 5.69 Å². The monoisotopic (exact) mass is 490 g/mol. The van der Waals surface area contributed by atoms with Gasteiger partial charge in [0.05, 0.1) is 18.1 Å². The second kappa shape index (κ2) is 11.8. The maximum atomic E-state index is 13.1. The fraction of sp³-hybridized carbons (Fsp3) is 0.417. The highest BCUT2D eigenvalue weighted by atomic mass is 32.2. The molecule has 1 N–H and O–H groups in total. The van der Waals surface area contributed by atoms with Gasteiger partial charge >= 0.3 is 5.97 Å². The lowest BCUT2D eigenvalue weighted by molar-refractivity contribution is -0.152. The predicted molar refractivity (Wildman–Crippen MR) is 126 cm³/mol. The minimum absolute atomic E-state index is 0.119. The molecule has 1 atom stereocenters. The van der Waals surface area contributed by atoms with E-state index >= 15 is 0 Å². The quantitative estimate of drug-likeness (QED) is 0.509. The van der Waals surface area contributed by atoms with Crippen molar-refractivity contribution in [2.24, 2.45) is 0 Å². The van der Waals surface area contributed by atoms with Gasteiger partial charge in [0.1, 0.15) is 6.04 Å². The lowest BCUT2D eigenvalue weighted by atomic mass is 10.1. The number of benzene rings is 2.